The van der Waals surface area contributed by atoms with Gasteiger partial charge in [-0.1, -0.05) is 85.8 Å². The maximum absolute atomic E-state index is 14.5. The molecule has 1 spiro atoms. The molecule has 6 atom stereocenters. The number of amides is 9. The number of benzene rings is 6. The Morgan fingerprint density at radius 3 is 2.07 bits per heavy atom. The molecule has 2 unspecified atom stereocenters. The lowest BCUT2D eigenvalue weighted by Crippen LogP contribution is -2.55. The summed E-state index contributed by atoms with van der Waals surface area (Å²) in [5.74, 6) is -2.85. The lowest BCUT2D eigenvalue weighted by molar-refractivity contribution is -0.132. The van der Waals surface area contributed by atoms with Crippen molar-refractivity contribution in [2.75, 3.05) is 69.3 Å². The van der Waals surface area contributed by atoms with Crippen molar-refractivity contribution < 1.29 is 76.7 Å². The third kappa shape index (κ3) is 16.3. The first-order chi connectivity index (χ1) is 52.5. The highest BCUT2D eigenvalue weighted by Gasteiger charge is 2.58. The summed E-state index contributed by atoms with van der Waals surface area (Å²) in [6.45, 7) is 6.24. The second-order valence-corrected chi connectivity index (χ2v) is 28.8. The average Bonchev–Trinajstić information content (AvgIpc) is 1.82. The number of carbonyl (C=O) groups is 9. The summed E-state index contributed by atoms with van der Waals surface area (Å²) in [5.41, 5.74) is 7.89. The predicted octanol–water partition coefficient (Wildman–Crippen LogP) is 8.52. The number of aliphatic hydroxyl groups excluding tert-OH is 1. The molecule has 6 heterocycles. The van der Waals surface area contributed by atoms with Crippen LogP contribution in [0.1, 0.15) is 115 Å². The molecule has 1 saturated carbocycles. The van der Waals surface area contributed by atoms with Gasteiger partial charge < -0.3 is 74.8 Å². The highest BCUT2D eigenvalue weighted by Crippen LogP contribution is 2.57. The number of hydrogen-bond acceptors (Lipinski definition) is 20. The predicted molar refractivity (Wildman–Crippen MR) is 406 cm³/mol. The molecule has 7 aromatic rings. The van der Waals surface area contributed by atoms with Crippen molar-refractivity contribution in [1.29, 1.82) is 0 Å². The van der Waals surface area contributed by atoms with Gasteiger partial charge in [0.2, 0.25) is 35.4 Å². The fraction of sp³-hybridized carbons (Fsp3) is 0.367. The van der Waals surface area contributed by atoms with E-state index in [0.29, 0.717) is 76.8 Å². The van der Waals surface area contributed by atoms with Crippen LogP contribution in [0.15, 0.2) is 133 Å². The van der Waals surface area contributed by atoms with E-state index < -0.39 is 79.0 Å². The van der Waals surface area contributed by atoms with Crippen molar-refractivity contribution in [2.24, 2.45) is 16.3 Å². The van der Waals surface area contributed by atoms with Crippen LogP contribution in [0.4, 0.5) is 27.5 Å². The SMILES string of the molecule is COc1ccc(C2=CN3C(=O)c4cc(OC)c(OCCCOc5cc6c(cc5OC)C(=O)N5CC7(CC7)C[C@H]5C(O)N6C(=O)OCc5ccc(NC(=O)[C@H](C)NC(=O)[C@@H](NC(=O)CNC(=O)CNC(=O)CCC(=O)N6Cc7ccccc7-c7c(nnn7C(C)S)-c7ccccc76)C(C)C)cc5)cc4N=C[C@@H]3C2)cc1. The van der Waals surface area contributed by atoms with Gasteiger partial charge >= 0.3 is 6.09 Å². The Bertz CT molecular complexity index is 4770. The number of anilines is 3. The first-order valence-corrected chi connectivity index (χ1v) is 36.6. The van der Waals surface area contributed by atoms with Crippen LogP contribution in [0.3, 0.4) is 0 Å². The number of rotatable bonds is 26. The minimum Gasteiger partial charge on any atom is -0.497 e. The van der Waals surface area contributed by atoms with Crippen molar-refractivity contribution in [3.8, 4) is 51.3 Å². The number of aliphatic imine (C=N–C) groups is 1. The van der Waals surface area contributed by atoms with Crippen LogP contribution in [-0.2, 0) is 46.7 Å². The summed E-state index contributed by atoms with van der Waals surface area (Å²) in [4.78, 5) is 134. The van der Waals surface area contributed by atoms with E-state index >= 15 is 0 Å². The van der Waals surface area contributed by atoms with Gasteiger partial charge in [-0.2, -0.15) is 12.6 Å². The van der Waals surface area contributed by atoms with Crippen molar-refractivity contribution in [1.82, 2.24) is 46.1 Å². The van der Waals surface area contributed by atoms with E-state index in [2.05, 4.69) is 49.5 Å². The summed E-state index contributed by atoms with van der Waals surface area (Å²) in [6, 6.07) is 32.1. The molecule has 6 aliphatic rings. The first-order valence-electron chi connectivity index (χ1n) is 36.0. The molecule has 30 heteroatoms. The zero-order valence-electron chi connectivity index (χ0n) is 61.2. The zero-order chi connectivity index (χ0) is 76.9. The third-order valence-electron chi connectivity index (χ3n) is 20.3. The van der Waals surface area contributed by atoms with Crippen molar-refractivity contribution >= 4 is 101 Å². The monoisotopic (exact) mass is 1500 g/mol. The summed E-state index contributed by atoms with van der Waals surface area (Å²) < 4.78 is 36.9. The van der Waals surface area contributed by atoms with Crippen LogP contribution in [-0.4, -0.2) is 174 Å². The number of aromatic nitrogens is 3. The maximum Gasteiger partial charge on any atom is 0.416 e. The van der Waals surface area contributed by atoms with Gasteiger partial charge in [-0.15, -0.1) is 5.10 Å². The molecule has 6 aromatic carbocycles. The van der Waals surface area contributed by atoms with Crippen LogP contribution in [0.5, 0.6) is 28.7 Å². The lowest BCUT2D eigenvalue weighted by atomic mass is 9.95. The lowest BCUT2D eigenvalue weighted by Gasteiger charge is -2.31. The number of thiol groups is 1. The Morgan fingerprint density at radius 2 is 1.38 bits per heavy atom. The molecular formula is C79H85N13O16S. The third-order valence-corrected chi connectivity index (χ3v) is 20.5. The smallest absolute Gasteiger partial charge is 0.416 e. The average molecular weight is 1500 g/mol. The minimum atomic E-state index is -1.51. The van der Waals surface area contributed by atoms with Gasteiger partial charge in [-0.25, -0.2) is 14.4 Å². The van der Waals surface area contributed by atoms with Crippen LogP contribution in [0.2, 0.25) is 0 Å². The highest BCUT2D eigenvalue weighted by molar-refractivity contribution is 7.80. The van der Waals surface area contributed by atoms with E-state index in [1.807, 2.05) is 85.9 Å². The van der Waals surface area contributed by atoms with Gasteiger partial charge in [-0.05, 0) is 109 Å². The standard InChI is InChI=1S/C79H85N13O16S/c1-44(2)70(85-68(95)39-82-67(94)38-81-66(93)25-26-69(96)89-40-49-13-8-9-14-54(49)72-71(86-87-92(72)46(4)109)55-15-10-11-16-59(55)89)74(98)83-45(3)73(97)84-51-21-17-47(18-22-51)42-108-78(102)91-60-35-65(63(105-7)33-57(60)76(100)90-43-79(27-28-79)36-61(90)77(91)101)107-30-12-29-106-64-34-58-56(32-62(64)104-6)75(99)88-41-50(31-52(88)37-80-58)48-19-23-53(103-5)24-20-48/h8-11,13-24,32-35,37,41,44-46,52,61,70,77,101,109H,12,25-31,36,38-40,42-43H2,1-7H3,(H,81,93)(H,82,94)(H,83,98)(H,84,97)(H,85,95)/t45-,46?,52-,61-,70-,77?/m0/s1. The minimum absolute atomic E-state index is 0.0480. The Morgan fingerprint density at radius 1 is 0.697 bits per heavy atom. The number of nitrogens with zero attached hydrogens (tertiary/aromatic N) is 8. The molecule has 5 aliphatic heterocycles. The van der Waals surface area contributed by atoms with Crippen molar-refractivity contribution in [2.45, 2.75) is 122 Å². The van der Waals surface area contributed by atoms with Crippen LogP contribution in [0.25, 0.3) is 28.1 Å². The number of fused-ring (bicyclic) bond motifs is 9. The zero-order valence-corrected chi connectivity index (χ0v) is 62.1. The molecular weight excluding hydrogens is 1420 g/mol. The van der Waals surface area contributed by atoms with Gasteiger partial charge in [0.25, 0.3) is 11.8 Å². The quantitative estimate of drug-likeness (QED) is 0.0197. The molecule has 0 radical (unpaired) electrons. The molecule has 13 rings (SSSR count). The molecule has 109 heavy (non-hydrogen) atoms. The molecule has 9 amide bonds. The van der Waals surface area contributed by atoms with E-state index in [9.17, 15) is 48.3 Å². The molecule has 29 nitrogen and oxygen atoms in total. The largest absolute Gasteiger partial charge is 0.497 e. The summed E-state index contributed by atoms with van der Waals surface area (Å²) >= 11 is 4.63. The van der Waals surface area contributed by atoms with E-state index in [0.717, 1.165) is 51.4 Å². The van der Waals surface area contributed by atoms with E-state index in [-0.39, 0.29) is 96.5 Å². The Balaban J connectivity index is 0.569. The van der Waals surface area contributed by atoms with Crippen LogP contribution in [0, 0.1) is 11.3 Å². The van der Waals surface area contributed by atoms with E-state index in [1.54, 1.807) is 83.0 Å². The van der Waals surface area contributed by atoms with Gasteiger partial charge in [0.1, 0.15) is 30.1 Å². The van der Waals surface area contributed by atoms with Gasteiger partial charge in [0, 0.05) is 73.6 Å². The van der Waals surface area contributed by atoms with Gasteiger partial charge in [-0.3, -0.25) is 43.3 Å². The molecule has 0 bridgehead atoms. The molecule has 6 N–H and O–H groups in total. The van der Waals surface area contributed by atoms with Gasteiger partial charge in [0.05, 0.1) is 106 Å². The summed E-state index contributed by atoms with van der Waals surface area (Å²) in [7, 11) is 4.53. The summed E-state index contributed by atoms with van der Waals surface area (Å²) in [6.07, 6.45) is 3.89. The molecule has 2 fully saturated rings. The normalized spacial score (nSPS) is 17.7. The number of hydrogen-bond donors (Lipinski definition) is 7. The topological polar surface area (TPSA) is 345 Å². The fourth-order valence-corrected chi connectivity index (χ4v) is 14.4. The maximum atomic E-state index is 14.5. The second kappa shape index (κ2) is 32.3. The Labute approximate surface area is 634 Å². The van der Waals surface area contributed by atoms with Gasteiger partial charge in [0.15, 0.2) is 29.2 Å². The molecule has 1 aliphatic carbocycles. The number of nitrogens with one attached hydrogen (secondary N) is 5. The second-order valence-electron chi connectivity index (χ2n) is 28.1. The Kier molecular flexibility index (Phi) is 22.4. The Hall–Kier alpha value is -11.8. The van der Waals surface area contributed by atoms with E-state index in [1.165, 1.54) is 33.3 Å². The van der Waals surface area contributed by atoms with Crippen LogP contribution >= 0.6 is 12.6 Å². The first kappa shape index (κ1) is 75.4. The molecule has 1 aromatic heterocycles. The summed E-state index contributed by atoms with van der Waals surface area (Å²) in [5, 5.41) is 33.8. The van der Waals surface area contributed by atoms with Crippen molar-refractivity contribution in [3.05, 3.63) is 155 Å². The highest BCUT2D eigenvalue weighted by atomic mass is 32.1. The number of carbonyl (C=O) groups excluding carboxylic acids is 9. The van der Waals surface area contributed by atoms with E-state index in [4.69, 9.17) is 33.4 Å². The number of aliphatic hydroxyl groups is 1. The number of para-hydroxylation sites is 1. The number of ether oxygens (including phenoxy) is 6. The van der Waals surface area contributed by atoms with Crippen molar-refractivity contribution in [3.63, 3.8) is 0 Å². The molecule has 568 valence electrons. The fourth-order valence-electron chi connectivity index (χ4n) is 14.2. The number of methoxy groups -OCH3 is 3. The van der Waals surface area contributed by atoms with Crippen LogP contribution < -0.4 is 60.1 Å². The molecule has 1 saturated heterocycles.